The third-order valence-electron chi connectivity index (χ3n) is 2.02. The van der Waals surface area contributed by atoms with Crippen molar-refractivity contribution in [3.05, 3.63) is 45.6 Å². The molecule has 1 N–H and O–H groups in total. The number of benzene rings is 1. The molecule has 1 aromatic carbocycles. The van der Waals surface area contributed by atoms with Crippen molar-refractivity contribution in [2.24, 2.45) is 0 Å². The lowest BCUT2D eigenvalue weighted by Crippen LogP contribution is -2.21. The molecule has 0 aliphatic heterocycles. The number of H-pyrrole nitrogens is 1. The van der Waals surface area contributed by atoms with Gasteiger partial charge in [-0.05, 0) is 12.1 Å². The highest BCUT2D eigenvalue weighted by atomic mass is 35.5. The van der Waals surface area contributed by atoms with E-state index in [2.05, 4.69) is 5.10 Å². The van der Waals surface area contributed by atoms with Crippen LogP contribution in [0.3, 0.4) is 0 Å². The van der Waals surface area contributed by atoms with Gasteiger partial charge in [0, 0.05) is 0 Å². The van der Waals surface area contributed by atoms with Gasteiger partial charge in [0.1, 0.15) is 0 Å². The predicted molar refractivity (Wildman–Crippen MR) is 54.2 cm³/mol. The fourth-order valence-corrected chi connectivity index (χ4v) is 1.56. The number of hydrogen-bond acceptors (Lipinski definition) is 2. The number of nitrogens with zero attached hydrogens (tertiary/aromatic N) is 2. The molecule has 0 fully saturated rings. The fourth-order valence-electron chi connectivity index (χ4n) is 1.34. The van der Waals surface area contributed by atoms with E-state index in [1.165, 1.54) is 18.2 Å². The highest BCUT2D eigenvalue weighted by Crippen LogP contribution is 2.29. The van der Waals surface area contributed by atoms with Crippen molar-refractivity contribution < 1.29 is 13.2 Å². The second kappa shape index (κ2) is 3.92. The van der Waals surface area contributed by atoms with E-state index in [9.17, 15) is 18.0 Å². The first kappa shape index (κ1) is 11.7. The molecule has 0 spiro atoms. The van der Waals surface area contributed by atoms with Gasteiger partial charge in [-0.15, -0.1) is 5.10 Å². The van der Waals surface area contributed by atoms with Crippen LogP contribution in [-0.4, -0.2) is 14.8 Å². The van der Waals surface area contributed by atoms with Gasteiger partial charge in [-0.1, -0.05) is 23.7 Å². The molecule has 8 heteroatoms. The summed E-state index contributed by atoms with van der Waals surface area (Å²) in [7, 11) is 0. The van der Waals surface area contributed by atoms with Crippen molar-refractivity contribution in [2.75, 3.05) is 0 Å². The van der Waals surface area contributed by atoms with E-state index in [-0.39, 0.29) is 10.7 Å². The highest BCUT2D eigenvalue weighted by molar-refractivity contribution is 6.32. The SMILES string of the molecule is O=c1[nH]nc(C(F)(F)F)n1-c1ccccc1Cl. The molecule has 0 amide bonds. The summed E-state index contributed by atoms with van der Waals surface area (Å²) in [4.78, 5) is 11.3. The lowest BCUT2D eigenvalue weighted by molar-refractivity contribution is -0.146. The molecule has 0 radical (unpaired) electrons. The summed E-state index contributed by atoms with van der Waals surface area (Å²) in [5.74, 6) is -1.34. The molecule has 17 heavy (non-hydrogen) atoms. The summed E-state index contributed by atoms with van der Waals surface area (Å²) in [6, 6.07) is 5.70. The maximum atomic E-state index is 12.6. The van der Waals surface area contributed by atoms with E-state index in [0.29, 0.717) is 4.57 Å². The van der Waals surface area contributed by atoms with Crippen LogP contribution in [0.2, 0.25) is 5.02 Å². The third kappa shape index (κ3) is 2.05. The molecule has 1 heterocycles. The van der Waals surface area contributed by atoms with Crippen LogP contribution >= 0.6 is 11.6 Å². The van der Waals surface area contributed by atoms with E-state index in [0.717, 1.165) is 0 Å². The molecular weight excluding hydrogens is 259 g/mol. The maximum absolute atomic E-state index is 12.6. The number of rotatable bonds is 1. The molecule has 2 aromatic rings. The van der Waals surface area contributed by atoms with Gasteiger partial charge >= 0.3 is 11.9 Å². The molecule has 0 aliphatic carbocycles. The van der Waals surface area contributed by atoms with Gasteiger partial charge in [0.2, 0.25) is 5.82 Å². The van der Waals surface area contributed by atoms with Gasteiger partial charge in [0.15, 0.2) is 0 Å². The molecule has 90 valence electrons. The normalized spacial score (nSPS) is 11.8. The van der Waals surface area contributed by atoms with Crippen LogP contribution in [0.25, 0.3) is 5.69 Å². The number of para-hydroxylation sites is 1. The molecule has 0 aliphatic rings. The topological polar surface area (TPSA) is 50.7 Å². The average molecular weight is 264 g/mol. The standard InChI is InChI=1S/C9H5ClF3N3O/c10-5-3-1-2-4-6(5)16-7(9(11,12)13)14-15-8(16)17/h1-4H,(H,15,17). The van der Waals surface area contributed by atoms with E-state index in [1.54, 1.807) is 11.2 Å². The van der Waals surface area contributed by atoms with E-state index in [1.807, 2.05) is 0 Å². The Balaban J connectivity index is 2.73. The van der Waals surface area contributed by atoms with Crippen molar-refractivity contribution in [3.63, 3.8) is 0 Å². The first-order valence-electron chi connectivity index (χ1n) is 4.41. The van der Waals surface area contributed by atoms with Gasteiger partial charge in [0.05, 0.1) is 10.7 Å². The highest BCUT2D eigenvalue weighted by Gasteiger charge is 2.38. The molecule has 0 saturated heterocycles. The van der Waals surface area contributed by atoms with Crippen LogP contribution in [0, 0.1) is 0 Å². The summed E-state index contributed by atoms with van der Waals surface area (Å²) in [5.41, 5.74) is -1.06. The third-order valence-corrected chi connectivity index (χ3v) is 2.34. The Bertz CT molecular complexity index is 602. The smallest absolute Gasteiger partial charge is 0.246 e. The molecular formula is C9H5ClF3N3O. The number of halogens is 4. The van der Waals surface area contributed by atoms with Crippen LogP contribution < -0.4 is 5.69 Å². The minimum absolute atomic E-state index is 0.0292. The molecule has 0 atom stereocenters. The molecule has 0 bridgehead atoms. The lowest BCUT2D eigenvalue weighted by Gasteiger charge is -2.09. The van der Waals surface area contributed by atoms with Gasteiger partial charge in [-0.2, -0.15) is 13.2 Å². The zero-order valence-electron chi connectivity index (χ0n) is 8.12. The summed E-state index contributed by atoms with van der Waals surface area (Å²) in [6.07, 6.45) is -4.74. The van der Waals surface area contributed by atoms with Crippen molar-refractivity contribution in [1.82, 2.24) is 14.8 Å². The molecule has 1 aromatic heterocycles. The minimum atomic E-state index is -4.74. The summed E-state index contributed by atoms with van der Waals surface area (Å²) in [6.45, 7) is 0. The summed E-state index contributed by atoms with van der Waals surface area (Å²) in [5, 5.41) is 4.72. The minimum Gasteiger partial charge on any atom is -0.246 e. The lowest BCUT2D eigenvalue weighted by atomic mass is 10.3. The van der Waals surface area contributed by atoms with E-state index >= 15 is 0 Å². The monoisotopic (exact) mass is 263 g/mol. The van der Waals surface area contributed by atoms with Crippen LogP contribution in [0.4, 0.5) is 13.2 Å². The quantitative estimate of drug-likeness (QED) is 0.858. The number of aromatic amines is 1. The van der Waals surface area contributed by atoms with Crippen LogP contribution in [-0.2, 0) is 6.18 Å². The molecule has 0 unspecified atom stereocenters. The van der Waals surface area contributed by atoms with Gasteiger partial charge in [-0.25, -0.2) is 14.5 Å². The zero-order chi connectivity index (χ0) is 12.6. The Morgan fingerprint density at radius 1 is 1.29 bits per heavy atom. The first-order chi connectivity index (χ1) is 7.91. The fraction of sp³-hybridized carbons (Fsp3) is 0.111. The Morgan fingerprint density at radius 2 is 1.94 bits per heavy atom. The van der Waals surface area contributed by atoms with Crippen molar-refractivity contribution >= 4 is 11.6 Å². The Labute approximate surface area is 97.6 Å². The van der Waals surface area contributed by atoms with Gasteiger partial charge < -0.3 is 0 Å². The van der Waals surface area contributed by atoms with Gasteiger partial charge in [-0.3, -0.25) is 0 Å². The second-order valence-corrected chi connectivity index (χ2v) is 3.54. The maximum Gasteiger partial charge on any atom is 0.452 e. The van der Waals surface area contributed by atoms with Gasteiger partial charge in [0.25, 0.3) is 0 Å². The van der Waals surface area contributed by atoms with E-state index in [4.69, 9.17) is 11.6 Å². The second-order valence-electron chi connectivity index (χ2n) is 3.14. The Kier molecular flexibility index (Phi) is 2.70. The molecule has 4 nitrogen and oxygen atoms in total. The molecule has 2 rings (SSSR count). The molecule has 0 saturated carbocycles. The van der Waals surface area contributed by atoms with Crippen LogP contribution in [0.5, 0.6) is 0 Å². The summed E-state index contributed by atoms with van der Waals surface area (Å²) >= 11 is 5.74. The van der Waals surface area contributed by atoms with Crippen LogP contribution in [0.1, 0.15) is 5.82 Å². The first-order valence-corrected chi connectivity index (χ1v) is 4.78. The largest absolute Gasteiger partial charge is 0.452 e. The van der Waals surface area contributed by atoms with Crippen molar-refractivity contribution in [2.45, 2.75) is 6.18 Å². The van der Waals surface area contributed by atoms with Crippen molar-refractivity contribution in [1.29, 1.82) is 0 Å². The van der Waals surface area contributed by atoms with E-state index < -0.39 is 17.7 Å². The average Bonchev–Trinajstić information content (AvgIpc) is 2.60. The summed E-state index contributed by atoms with van der Waals surface area (Å²) < 4.78 is 38.2. The predicted octanol–water partition coefficient (Wildman–Crippen LogP) is 2.23. The van der Waals surface area contributed by atoms with Crippen LogP contribution in [0.15, 0.2) is 29.1 Å². The van der Waals surface area contributed by atoms with Crippen molar-refractivity contribution in [3.8, 4) is 5.69 Å². The Morgan fingerprint density at radius 3 is 2.53 bits per heavy atom. The number of nitrogens with one attached hydrogen (secondary N) is 1. The zero-order valence-corrected chi connectivity index (χ0v) is 8.88. The number of aromatic nitrogens is 3. The Hall–Kier alpha value is -1.76. The number of hydrogen-bond donors (Lipinski definition) is 1. The number of alkyl halides is 3.